The molecule has 3 rings (SSSR count). The summed E-state index contributed by atoms with van der Waals surface area (Å²) in [5.74, 6) is 1.12. The number of aromatic nitrogens is 6. The van der Waals surface area contributed by atoms with Gasteiger partial charge in [-0.1, -0.05) is 17.8 Å². The fourth-order valence-corrected chi connectivity index (χ4v) is 3.34. The third-order valence-electron chi connectivity index (χ3n) is 3.71. The summed E-state index contributed by atoms with van der Waals surface area (Å²) in [7, 11) is 4.02. The second-order valence-corrected chi connectivity index (χ2v) is 6.60. The minimum Gasteiger partial charge on any atom is -0.327 e. The molecular formula is C15H20FN7S. The van der Waals surface area contributed by atoms with Gasteiger partial charge in [-0.05, 0) is 43.6 Å². The average molecular weight is 349 g/mol. The minimum atomic E-state index is -0.290. The number of nitrogens with zero attached hydrogens (tertiary/aromatic N) is 7. The zero-order valence-electron chi connectivity index (χ0n) is 14.0. The Kier molecular flexibility index (Phi) is 5.10. The summed E-state index contributed by atoms with van der Waals surface area (Å²) in [6, 6.07) is 5.04. The Morgan fingerprint density at radius 3 is 2.88 bits per heavy atom. The average Bonchev–Trinajstić information content (AvgIpc) is 3.15. The molecule has 0 spiro atoms. The van der Waals surface area contributed by atoms with E-state index in [2.05, 4.69) is 25.4 Å². The highest BCUT2D eigenvalue weighted by Crippen LogP contribution is 2.24. The number of tetrazole rings is 1. The van der Waals surface area contributed by atoms with Gasteiger partial charge in [0.25, 0.3) is 0 Å². The number of imidazole rings is 1. The van der Waals surface area contributed by atoms with E-state index >= 15 is 0 Å². The maximum Gasteiger partial charge on any atom is 0.209 e. The molecule has 0 unspecified atom stereocenters. The number of hydrogen-bond donors (Lipinski definition) is 0. The maximum atomic E-state index is 13.9. The number of likely N-dealkylation sites (N-methyl/N-ethyl adjacent to an activating group) is 1. The molecule has 9 heteroatoms. The third kappa shape index (κ3) is 3.41. The second-order valence-electron chi connectivity index (χ2n) is 5.66. The van der Waals surface area contributed by atoms with Crippen molar-refractivity contribution in [3.05, 3.63) is 29.8 Å². The molecule has 0 N–H and O–H groups in total. The van der Waals surface area contributed by atoms with Crippen LogP contribution in [0.1, 0.15) is 12.7 Å². The van der Waals surface area contributed by atoms with E-state index in [1.807, 2.05) is 31.7 Å². The molecule has 0 bridgehead atoms. The van der Waals surface area contributed by atoms with E-state index in [4.69, 9.17) is 0 Å². The first-order valence-corrected chi connectivity index (χ1v) is 8.76. The molecule has 0 atom stereocenters. The van der Waals surface area contributed by atoms with Crippen LogP contribution >= 0.6 is 11.8 Å². The van der Waals surface area contributed by atoms with E-state index in [9.17, 15) is 4.39 Å². The molecule has 0 saturated heterocycles. The lowest BCUT2D eigenvalue weighted by Gasteiger charge is -2.10. The van der Waals surface area contributed by atoms with Crippen LogP contribution in [-0.2, 0) is 18.8 Å². The first-order chi connectivity index (χ1) is 11.6. The molecule has 24 heavy (non-hydrogen) atoms. The largest absolute Gasteiger partial charge is 0.327 e. The molecule has 0 saturated carbocycles. The van der Waals surface area contributed by atoms with Crippen molar-refractivity contribution >= 4 is 22.8 Å². The molecule has 0 fully saturated rings. The van der Waals surface area contributed by atoms with Crippen molar-refractivity contribution < 1.29 is 4.39 Å². The van der Waals surface area contributed by atoms with Crippen molar-refractivity contribution in [2.24, 2.45) is 0 Å². The lowest BCUT2D eigenvalue weighted by atomic mass is 10.3. The lowest BCUT2D eigenvalue weighted by Crippen LogP contribution is -2.19. The highest BCUT2D eigenvalue weighted by atomic mass is 32.2. The zero-order chi connectivity index (χ0) is 17.1. The Hall–Kier alpha value is -2.00. The van der Waals surface area contributed by atoms with Gasteiger partial charge < -0.3 is 9.47 Å². The molecule has 1 aromatic carbocycles. The van der Waals surface area contributed by atoms with Crippen LogP contribution in [0.2, 0.25) is 0 Å². The van der Waals surface area contributed by atoms with Crippen LogP contribution in [-0.4, -0.2) is 55.3 Å². The zero-order valence-corrected chi connectivity index (χ0v) is 14.8. The van der Waals surface area contributed by atoms with Crippen molar-refractivity contribution in [3.8, 4) is 0 Å². The molecule has 2 aromatic heterocycles. The number of para-hydroxylation sites is 1. The Labute approximate surface area is 143 Å². The number of rotatable bonds is 7. The third-order valence-corrected chi connectivity index (χ3v) is 4.67. The molecule has 7 nitrogen and oxygen atoms in total. The maximum absolute atomic E-state index is 13.9. The number of hydrogen-bond acceptors (Lipinski definition) is 6. The Morgan fingerprint density at radius 1 is 1.29 bits per heavy atom. The van der Waals surface area contributed by atoms with Gasteiger partial charge in [0.1, 0.15) is 11.3 Å². The standard InChI is InChI=1S/C15H20FN7S/c1-4-22-12-7-5-6-11(16)14(12)17-13(22)10-24-15-18-19-20-23(15)9-8-21(2)3/h5-7H,4,8-10H2,1-3H3. The van der Waals surface area contributed by atoms with Gasteiger partial charge in [0.05, 0.1) is 17.8 Å². The van der Waals surface area contributed by atoms with Gasteiger partial charge >= 0.3 is 0 Å². The van der Waals surface area contributed by atoms with Crippen LogP contribution < -0.4 is 0 Å². The summed E-state index contributed by atoms with van der Waals surface area (Å²) in [4.78, 5) is 6.55. The summed E-state index contributed by atoms with van der Waals surface area (Å²) >= 11 is 1.51. The van der Waals surface area contributed by atoms with E-state index in [0.29, 0.717) is 11.3 Å². The summed E-state index contributed by atoms with van der Waals surface area (Å²) in [6.07, 6.45) is 0. The Bertz CT molecular complexity index is 826. The topological polar surface area (TPSA) is 64.7 Å². The van der Waals surface area contributed by atoms with Gasteiger partial charge in [-0.25, -0.2) is 14.1 Å². The quantitative estimate of drug-likeness (QED) is 0.608. The van der Waals surface area contributed by atoms with Crippen LogP contribution in [0.3, 0.4) is 0 Å². The highest BCUT2D eigenvalue weighted by molar-refractivity contribution is 7.98. The van der Waals surface area contributed by atoms with Gasteiger partial charge in [0.15, 0.2) is 5.82 Å². The molecule has 0 radical (unpaired) electrons. The van der Waals surface area contributed by atoms with E-state index < -0.39 is 0 Å². The first-order valence-electron chi connectivity index (χ1n) is 7.77. The molecule has 0 aliphatic carbocycles. The van der Waals surface area contributed by atoms with Crippen molar-refractivity contribution in [1.82, 2.24) is 34.7 Å². The SMILES string of the molecule is CCn1c(CSc2nnnn2CCN(C)C)nc2c(F)cccc21. The van der Waals surface area contributed by atoms with Crippen LogP contribution in [0.4, 0.5) is 4.39 Å². The van der Waals surface area contributed by atoms with E-state index in [1.165, 1.54) is 17.8 Å². The normalized spacial score (nSPS) is 11.7. The summed E-state index contributed by atoms with van der Waals surface area (Å²) in [6.45, 7) is 4.35. The first kappa shape index (κ1) is 16.8. The summed E-state index contributed by atoms with van der Waals surface area (Å²) < 4.78 is 17.8. The Balaban J connectivity index is 1.79. The van der Waals surface area contributed by atoms with Crippen molar-refractivity contribution in [1.29, 1.82) is 0 Å². The molecule has 3 aromatic rings. The monoisotopic (exact) mass is 349 g/mol. The lowest BCUT2D eigenvalue weighted by molar-refractivity contribution is 0.361. The number of benzene rings is 1. The van der Waals surface area contributed by atoms with Gasteiger partial charge in [-0.3, -0.25) is 0 Å². The number of fused-ring (bicyclic) bond motifs is 1. The van der Waals surface area contributed by atoms with Gasteiger partial charge in [-0.2, -0.15) is 0 Å². The van der Waals surface area contributed by atoms with Crippen molar-refractivity contribution in [2.45, 2.75) is 30.9 Å². The summed E-state index contributed by atoms with van der Waals surface area (Å²) in [5.41, 5.74) is 1.24. The minimum absolute atomic E-state index is 0.290. The number of aryl methyl sites for hydroxylation is 1. The molecular weight excluding hydrogens is 329 g/mol. The van der Waals surface area contributed by atoms with Crippen LogP contribution in [0.15, 0.2) is 23.4 Å². The molecule has 0 aliphatic heterocycles. The van der Waals surface area contributed by atoms with Gasteiger partial charge in [-0.15, -0.1) is 5.10 Å². The fraction of sp³-hybridized carbons (Fsp3) is 0.467. The van der Waals surface area contributed by atoms with E-state index in [-0.39, 0.29) is 5.82 Å². The predicted octanol–water partition coefficient (Wildman–Crippen LogP) is 2.04. The molecule has 0 amide bonds. The van der Waals surface area contributed by atoms with E-state index in [0.717, 1.165) is 36.1 Å². The number of halogens is 1. The van der Waals surface area contributed by atoms with Crippen molar-refractivity contribution in [3.63, 3.8) is 0 Å². The van der Waals surface area contributed by atoms with Crippen LogP contribution in [0, 0.1) is 5.82 Å². The smallest absolute Gasteiger partial charge is 0.209 e. The summed E-state index contributed by atoms with van der Waals surface area (Å²) in [5, 5.41) is 12.6. The van der Waals surface area contributed by atoms with Crippen LogP contribution in [0.25, 0.3) is 11.0 Å². The van der Waals surface area contributed by atoms with Crippen LogP contribution in [0.5, 0.6) is 0 Å². The Morgan fingerprint density at radius 2 is 2.12 bits per heavy atom. The van der Waals surface area contributed by atoms with Gasteiger partial charge in [0.2, 0.25) is 5.16 Å². The predicted molar refractivity (Wildman–Crippen MR) is 91.3 cm³/mol. The molecule has 128 valence electrons. The number of thioether (sulfide) groups is 1. The highest BCUT2D eigenvalue weighted by Gasteiger charge is 2.15. The van der Waals surface area contributed by atoms with Crippen molar-refractivity contribution in [2.75, 3.05) is 20.6 Å². The molecule has 0 aliphatic rings. The van der Waals surface area contributed by atoms with E-state index in [1.54, 1.807) is 10.7 Å². The fourth-order valence-electron chi connectivity index (χ4n) is 2.49. The second kappa shape index (κ2) is 7.27. The van der Waals surface area contributed by atoms with Gasteiger partial charge in [0, 0.05) is 13.1 Å². The molecule has 2 heterocycles.